The van der Waals surface area contributed by atoms with Crippen LogP contribution in [0.15, 0.2) is 109 Å². The lowest BCUT2D eigenvalue weighted by atomic mass is 9.99. The standard InChI is InChI=1S/C18H12O.2C7H9N/c1-11-5-7-16-17-9-12(10-19)6-8-14(17)15-4-2-3-13(11)18(15)16;2*8-6-7-4-2-1-3-5-7/h2-10H,1H3;2*1-5H,6,8H2. The van der Waals surface area contributed by atoms with Crippen LogP contribution in [0.3, 0.4) is 0 Å². The van der Waals surface area contributed by atoms with Crippen LogP contribution in [0.4, 0.5) is 0 Å². The van der Waals surface area contributed by atoms with E-state index in [1.54, 1.807) is 0 Å². The Hall–Kier alpha value is -4.05. The first-order valence-corrected chi connectivity index (χ1v) is 11.8. The second kappa shape index (κ2) is 11.4. The van der Waals surface area contributed by atoms with Crippen LogP contribution in [0, 0.1) is 6.92 Å². The highest BCUT2D eigenvalue weighted by atomic mass is 16.1. The molecule has 0 radical (unpaired) electrons. The molecule has 35 heavy (non-hydrogen) atoms. The van der Waals surface area contributed by atoms with Gasteiger partial charge in [0.05, 0.1) is 0 Å². The average molecular weight is 459 g/mol. The molecule has 0 aliphatic heterocycles. The monoisotopic (exact) mass is 458 g/mol. The minimum absolute atomic E-state index is 0.640. The SMILES string of the molecule is Cc1ccc2c3c(cccc13)-c1ccc(C=O)cc1-2.NCc1ccccc1.NCc1ccccc1. The number of carbonyl (C=O) groups excluding carboxylic acids is 1. The fourth-order valence-electron chi connectivity index (χ4n) is 4.32. The van der Waals surface area contributed by atoms with E-state index in [-0.39, 0.29) is 0 Å². The molecule has 0 saturated heterocycles. The molecule has 0 bridgehead atoms. The van der Waals surface area contributed by atoms with Gasteiger partial charge in [0.15, 0.2) is 0 Å². The molecule has 3 nitrogen and oxygen atoms in total. The number of benzene rings is 5. The molecule has 0 saturated carbocycles. The number of hydrogen-bond donors (Lipinski definition) is 2. The van der Waals surface area contributed by atoms with Crippen molar-refractivity contribution in [3.8, 4) is 22.3 Å². The van der Waals surface area contributed by atoms with E-state index in [0.29, 0.717) is 13.1 Å². The molecule has 6 rings (SSSR count). The van der Waals surface area contributed by atoms with Gasteiger partial charge in [0.1, 0.15) is 6.29 Å². The third-order valence-corrected chi connectivity index (χ3v) is 6.18. The Labute approximate surface area is 207 Å². The second-order valence-electron chi connectivity index (χ2n) is 8.46. The lowest BCUT2D eigenvalue weighted by Gasteiger charge is -2.04. The predicted octanol–water partition coefficient (Wildman–Crippen LogP) is 6.90. The smallest absolute Gasteiger partial charge is 0.150 e. The summed E-state index contributed by atoms with van der Waals surface area (Å²) < 4.78 is 0. The van der Waals surface area contributed by atoms with Crippen LogP contribution in [0.1, 0.15) is 27.0 Å². The fourth-order valence-corrected chi connectivity index (χ4v) is 4.32. The maximum Gasteiger partial charge on any atom is 0.150 e. The third kappa shape index (κ3) is 5.38. The summed E-state index contributed by atoms with van der Waals surface area (Å²) >= 11 is 0. The molecule has 0 spiro atoms. The quantitative estimate of drug-likeness (QED) is 0.283. The van der Waals surface area contributed by atoms with E-state index in [1.807, 2.05) is 72.8 Å². The second-order valence-corrected chi connectivity index (χ2v) is 8.46. The van der Waals surface area contributed by atoms with Crippen LogP contribution in [0.2, 0.25) is 0 Å². The zero-order valence-electron chi connectivity index (χ0n) is 19.9. The lowest BCUT2D eigenvalue weighted by Crippen LogP contribution is -1.94. The summed E-state index contributed by atoms with van der Waals surface area (Å²) in [6, 6.07) is 36.7. The van der Waals surface area contributed by atoms with E-state index in [9.17, 15) is 4.79 Å². The average Bonchev–Trinajstić information content (AvgIpc) is 3.26. The minimum Gasteiger partial charge on any atom is -0.326 e. The number of aryl methyl sites for hydroxylation is 1. The Morgan fingerprint density at radius 1 is 0.600 bits per heavy atom. The van der Waals surface area contributed by atoms with Gasteiger partial charge in [0.2, 0.25) is 0 Å². The van der Waals surface area contributed by atoms with Crippen molar-refractivity contribution < 1.29 is 4.79 Å². The Balaban J connectivity index is 0.000000150. The molecule has 0 aromatic heterocycles. The number of nitrogens with two attached hydrogens (primary N) is 2. The number of hydrogen-bond acceptors (Lipinski definition) is 3. The molecule has 5 aromatic carbocycles. The van der Waals surface area contributed by atoms with E-state index in [1.165, 1.54) is 49.7 Å². The highest BCUT2D eigenvalue weighted by Crippen LogP contribution is 2.47. The summed E-state index contributed by atoms with van der Waals surface area (Å²) in [6.07, 6.45) is 0.911. The van der Waals surface area contributed by atoms with Crippen molar-refractivity contribution in [3.63, 3.8) is 0 Å². The summed E-state index contributed by atoms with van der Waals surface area (Å²) in [6.45, 7) is 3.42. The van der Waals surface area contributed by atoms with E-state index in [0.717, 1.165) is 11.8 Å². The zero-order valence-corrected chi connectivity index (χ0v) is 19.9. The summed E-state index contributed by atoms with van der Waals surface area (Å²) in [4.78, 5) is 11.0. The van der Waals surface area contributed by atoms with Gasteiger partial charge in [-0.2, -0.15) is 0 Å². The Morgan fingerprint density at radius 3 is 1.71 bits per heavy atom. The third-order valence-electron chi connectivity index (χ3n) is 6.18. The molecule has 5 aromatic rings. The van der Waals surface area contributed by atoms with Crippen molar-refractivity contribution in [1.82, 2.24) is 0 Å². The van der Waals surface area contributed by atoms with Crippen LogP contribution in [-0.2, 0) is 13.1 Å². The van der Waals surface area contributed by atoms with E-state index in [4.69, 9.17) is 11.5 Å². The summed E-state index contributed by atoms with van der Waals surface area (Å²) in [5.74, 6) is 0. The minimum atomic E-state index is 0.640. The van der Waals surface area contributed by atoms with E-state index >= 15 is 0 Å². The van der Waals surface area contributed by atoms with Crippen LogP contribution >= 0.6 is 0 Å². The van der Waals surface area contributed by atoms with Gasteiger partial charge in [-0.25, -0.2) is 0 Å². The fraction of sp³-hybridized carbons (Fsp3) is 0.0938. The Kier molecular flexibility index (Phi) is 7.84. The first-order chi connectivity index (χ1) is 17.2. The van der Waals surface area contributed by atoms with Crippen molar-refractivity contribution in [2.45, 2.75) is 20.0 Å². The Bertz CT molecular complexity index is 1390. The van der Waals surface area contributed by atoms with Crippen molar-refractivity contribution >= 4 is 17.1 Å². The number of carbonyl (C=O) groups is 1. The van der Waals surface area contributed by atoms with E-state index in [2.05, 4.69) is 43.3 Å². The van der Waals surface area contributed by atoms with Crippen molar-refractivity contribution in [3.05, 3.63) is 131 Å². The molecule has 0 fully saturated rings. The molecule has 1 aliphatic rings. The maximum absolute atomic E-state index is 11.0. The van der Waals surface area contributed by atoms with Crippen LogP contribution in [-0.4, -0.2) is 6.29 Å². The highest BCUT2D eigenvalue weighted by Gasteiger charge is 2.21. The van der Waals surface area contributed by atoms with Gasteiger partial charge in [0.25, 0.3) is 0 Å². The van der Waals surface area contributed by atoms with Crippen molar-refractivity contribution in [1.29, 1.82) is 0 Å². The molecular formula is C32H30N2O. The van der Waals surface area contributed by atoms with Crippen molar-refractivity contribution in [2.24, 2.45) is 11.5 Å². The molecule has 1 aliphatic carbocycles. The summed E-state index contributed by atoms with van der Waals surface area (Å²) in [7, 11) is 0. The molecule has 0 unspecified atom stereocenters. The van der Waals surface area contributed by atoms with Gasteiger partial charge in [-0.1, -0.05) is 103 Å². The van der Waals surface area contributed by atoms with Gasteiger partial charge < -0.3 is 11.5 Å². The van der Waals surface area contributed by atoms with Gasteiger partial charge in [-0.05, 0) is 62.7 Å². The van der Waals surface area contributed by atoms with Crippen LogP contribution < -0.4 is 11.5 Å². The van der Waals surface area contributed by atoms with Gasteiger partial charge in [-0.3, -0.25) is 4.79 Å². The molecule has 0 heterocycles. The predicted molar refractivity (Wildman–Crippen MR) is 147 cm³/mol. The van der Waals surface area contributed by atoms with Gasteiger partial charge in [0, 0.05) is 18.7 Å². The molecule has 0 amide bonds. The number of rotatable bonds is 3. The summed E-state index contributed by atoms with van der Waals surface area (Å²) in [5.41, 5.74) is 20.0. The molecule has 3 heteroatoms. The van der Waals surface area contributed by atoms with Gasteiger partial charge >= 0.3 is 0 Å². The maximum atomic E-state index is 11.0. The first kappa shape index (κ1) is 24.1. The Morgan fingerprint density at radius 2 is 1.17 bits per heavy atom. The van der Waals surface area contributed by atoms with Crippen LogP contribution in [0.5, 0.6) is 0 Å². The van der Waals surface area contributed by atoms with Crippen molar-refractivity contribution in [2.75, 3.05) is 0 Å². The normalized spacial score (nSPS) is 10.5. The van der Waals surface area contributed by atoms with E-state index < -0.39 is 0 Å². The first-order valence-electron chi connectivity index (χ1n) is 11.8. The number of aldehydes is 1. The molecule has 0 atom stereocenters. The topological polar surface area (TPSA) is 69.1 Å². The van der Waals surface area contributed by atoms with Gasteiger partial charge in [-0.15, -0.1) is 0 Å². The highest BCUT2D eigenvalue weighted by molar-refractivity contribution is 6.16. The zero-order chi connectivity index (χ0) is 24.6. The molecular weight excluding hydrogens is 428 g/mol. The molecule has 174 valence electrons. The lowest BCUT2D eigenvalue weighted by molar-refractivity contribution is 0.112. The largest absolute Gasteiger partial charge is 0.326 e. The number of fused-ring (bicyclic) bond motifs is 3. The van der Waals surface area contributed by atoms with Crippen LogP contribution in [0.25, 0.3) is 33.0 Å². The molecule has 4 N–H and O–H groups in total. The summed E-state index contributed by atoms with van der Waals surface area (Å²) in [5, 5.41) is 2.62.